The summed E-state index contributed by atoms with van der Waals surface area (Å²) in [7, 11) is 0. The fraction of sp³-hybridized carbons (Fsp3) is 0.188. The van der Waals surface area contributed by atoms with Gasteiger partial charge in [-0.3, -0.25) is 4.79 Å². The summed E-state index contributed by atoms with van der Waals surface area (Å²) in [5, 5.41) is 2.73. The fourth-order valence-corrected chi connectivity index (χ4v) is 1.76. The van der Waals surface area contributed by atoms with Crippen LogP contribution >= 0.6 is 0 Å². The molecule has 0 saturated carbocycles. The SMILES string of the molecule is Cc1cc(F)ccc1NC(=O)C(C)Oc1ccccc1. The van der Waals surface area contributed by atoms with E-state index < -0.39 is 6.10 Å². The van der Waals surface area contributed by atoms with Crippen molar-refractivity contribution < 1.29 is 13.9 Å². The third kappa shape index (κ3) is 3.57. The van der Waals surface area contributed by atoms with Crippen molar-refractivity contribution in [3.8, 4) is 5.75 Å². The summed E-state index contributed by atoms with van der Waals surface area (Å²) in [5.74, 6) is 0.0311. The van der Waals surface area contributed by atoms with Gasteiger partial charge in [0, 0.05) is 5.69 Å². The van der Waals surface area contributed by atoms with E-state index >= 15 is 0 Å². The molecule has 2 aromatic rings. The Balaban J connectivity index is 2.01. The summed E-state index contributed by atoms with van der Waals surface area (Å²) in [6.45, 7) is 3.41. The number of hydrogen-bond acceptors (Lipinski definition) is 2. The van der Waals surface area contributed by atoms with Crippen LogP contribution in [0.3, 0.4) is 0 Å². The lowest BCUT2D eigenvalue weighted by molar-refractivity contribution is -0.122. The van der Waals surface area contributed by atoms with Crippen molar-refractivity contribution >= 4 is 11.6 Å². The third-order valence-electron chi connectivity index (χ3n) is 2.87. The van der Waals surface area contributed by atoms with Crippen molar-refractivity contribution in [3.63, 3.8) is 0 Å². The van der Waals surface area contributed by atoms with E-state index in [0.29, 0.717) is 17.0 Å². The Morgan fingerprint density at radius 2 is 1.90 bits per heavy atom. The van der Waals surface area contributed by atoms with Gasteiger partial charge >= 0.3 is 0 Å². The first-order valence-corrected chi connectivity index (χ1v) is 6.35. The van der Waals surface area contributed by atoms with Gasteiger partial charge in [-0.1, -0.05) is 18.2 Å². The second-order valence-corrected chi connectivity index (χ2v) is 4.52. The molecule has 1 atom stereocenters. The molecule has 0 aliphatic rings. The van der Waals surface area contributed by atoms with E-state index in [-0.39, 0.29) is 11.7 Å². The number of ether oxygens (including phenoxy) is 1. The Hall–Kier alpha value is -2.36. The number of carbonyl (C=O) groups is 1. The van der Waals surface area contributed by atoms with Crippen LogP contribution in [0.25, 0.3) is 0 Å². The maximum absolute atomic E-state index is 13.0. The molecule has 0 radical (unpaired) electrons. The van der Waals surface area contributed by atoms with Crippen molar-refractivity contribution in [3.05, 3.63) is 59.9 Å². The molecule has 2 rings (SSSR count). The van der Waals surface area contributed by atoms with Crippen molar-refractivity contribution in [1.82, 2.24) is 0 Å². The quantitative estimate of drug-likeness (QED) is 0.925. The van der Waals surface area contributed by atoms with E-state index in [1.807, 2.05) is 18.2 Å². The van der Waals surface area contributed by atoms with Gasteiger partial charge in [-0.15, -0.1) is 0 Å². The molecule has 0 aromatic heterocycles. The summed E-state index contributed by atoms with van der Waals surface area (Å²) >= 11 is 0. The van der Waals surface area contributed by atoms with Gasteiger partial charge in [-0.25, -0.2) is 4.39 Å². The third-order valence-corrected chi connectivity index (χ3v) is 2.87. The van der Waals surface area contributed by atoms with Gasteiger partial charge in [0.1, 0.15) is 11.6 Å². The average molecular weight is 273 g/mol. The Morgan fingerprint density at radius 3 is 2.55 bits per heavy atom. The Kier molecular flexibility index (Phi) is 4.35. The number of carbonyl (C=O) groups excluding carboxylic acids is 1. The first kappa shape index (κ1) is 14.1. The lowest BCUT2D eigenvalue weighted by atomic mass is 10.2. The lowest BCUT2D eigenvalue weighted by Gasteiger charge is -2.15. The van der Waals surface area contributed by atoms with E-state index in [0.717, 1.165) is 0 Å². The molecule has 0 aliphatic heterocycles. The monoisotopic (exact) mass is 273 g/mol. The number of nitrogens with one attached hydrogen (secondary N) is 1. The Labute approximate surface area is 117 Å². The van der Waals surface area contributed by atoms with Crippen LogP contribution in [0.1, 0.15) is 12.5 Å². The van der Waals surface area contributed by atoms with Gasteiger partial charge in [-0.05, 0) is 49.7 Å². The van der Waals surface area contributed by atoms with Crippen LogP contribution in [0.15, 0.2) is 48.5 Å². The number of aryl methyl sites for hydroxylation is 1. The predicted molar refractivity (Wildman–Crippen MR) is 76.3 cm³/mol. The molecule has 0 heterocycles. The van der Waals surface area contributed by atoms with E-state index in [1.54, 1.807) is 26.0 Å². The molecule has 1 unspecified atom stereocenters. The van der Waals surface area contributed by atoms with Crippen molar-refractivity contribution in [1.29, 1.82) is 0 Å². The Bertz CT molecular complexity index is 599. The summed E-state index contributed by atoms with van der Waals surface area (Å²) in [5.41, 5.74) is 1.25. The molecule has 0 bridgehead atoms. The number of hydrogen-bond donors (Lipinski definition) is 1. The molecule has 20 heavy (non-hydrogen) atoms. The Morgan fingerprint density at radius 1 is 1.20 bits per heavy atom. The molecule has 104 valence electrons. The minimum Gasteiger partial charge on any atom is -0.481 e. The van der Waals surface area contributed by atoms with Gasteiger partial charge in [0.05, 0.1) is 0 Å². The van der Waals surface area contributed by atoms with E-state index in [2.05, 4.69) is 5.32 Å². The number of amides is 1. The molecular weight excluding hydrogens is 257 g/mol. The fourth-order valence-electron chi connectivity index (χ4n) is 1.76. The molecular formula is C16H16FNO2. The zero-order valence-electron chi connectivity index (χ0n) is 11.4. The molecule has 4 heteroatoms. The molecule has 2 aromatic carbocycles. The van der Waals surface area contributed by atoms with E-state index in [1.165, 1.54) is 18.2 Å². The standard InChI is InChI=1S/C16H16FNO2/c1-11-10-13(17)8-9-15(11)18-16(19)12(2)20-14-6-4-3-5-7-14/h3-10,12H,1-2H3,(H,18,19). The zero-order chi connectivity index (χ0) is 14.5. The van der Waals surface area contributed by atoms with Crippen LogP contribution in [0.5, 0.6) is 5.75 Å². The maximum Gasteiger partial charge on any atom is 0.265 e. The van der Waals surface area contributed by atoms with Gasteiger partial charge in [0.25, 0.3) is 5.91 Å². The molecule has 0 spiro atoms. The highest BCUT2D eigenvalue weighted by atomic mass is 19.1. The van der Waals surface area contributed by atoms with Crippen LogP contribution in [-0.2, 0) is 4.79 Å². The summed E-state index contributed by atoms with van der Waals surface area (Å²) in [6.07, 6.45) is -0.637. The van der Waals surface area contributed by atoms with Gasteiger partial charge in [-0.2, -0.15) is 0 Å². The van der Waals surface area contributed by atoms with Gasteiger partial charge < -0.3 is 10.1 Å². The van der Waals surface area contributed by atoms with E-state index in [9.17, 15) is 9.18 Å². The second-order valence-electron chi connectivity index (χ2n) is 4.52. The van der Waals surface area contributed by atoms with E-state index in [4.69, 9.17) is 4.74 Å². The molecule has 1 N–H and O–H groups in total. The summed E-state index contributed by atoms with van der Waals surface area (Å²) in [4.78, 5) is 12.0. The number of halogens is 1. The summed E-state index contributed by atoms with van der Waals surface area (Å²) < 4.78 is 18.5. The minimum absolute atomic E-state index is 0.274. The van der Waals surface area contributed by atoms with Crippen molar-refractivity contribution in [2.24, 2.45) is 0 Å². The first-order chi connectivity index (χ1) is 9.56. The second kappa shape index (κ2) is 6.19. The van der Waals surface area contributed by atoms with Crippen molar-refractivity contribution in [2.45, 2.75) is 20.0 Å². The summed E-state index contributed by atoms with van der Waals surface area (Å²) in [6, 6.07) is 13.3. The highest BCUT2D eigenvalue weighted by Crippen LogP contribution is 2.17. The molecule has 0 saturated heterocycles. The lowest BCUT2D eigenvalue weighted by Crippen LogP contribution is -2.30. The average Bonchev–Trinajstić information content (AvgIpc) is 2.43. The van der Waals surface area contributed by atoms with Crippen LogP contribution in [0.4, 0.5) is 10.1 Å². The molecule has 0 aliphatic carbocycles. The highest BCUT2D eigenvalue weighted by Gasteiger charge is 2.15. The molecule has 0 fully saturated rings. The largest absolute Gasteiger partial charge is 0.481 e. The number of benzene rings is 2. The van der Waals surface area contributed by atoms with Gasteiger partial charge in [0.15, 0.2) is 6.10 Å². The van der Waals surface area contributed by atoms with Crippen molar-refractivity contribution in [2.75, 3.05) is 5.32 Å². The maximum atomic E-state index is 13.0. The molecule has 1 amide bonds. The predicted octanol–water partition coefficient (Wildman–Crippen LogP) is 3.54. The minimum atomic E-state index is -0.637. The molecule has 3 nitrogen and oxygen atoms in total. The normalized spacial score (nSPS) is 11.8. The highest BCUT2D eigenvalue weighted by molar-refractivity contribution is 5.94. The topological polar surface area (TPSA) is 38.3 Å². The number of anilines is 1. The van der Waals surface area contributed by atoms with Gasteiger partial charge in [0.2, 0.25) is 0 Å². The number of rotatable bonds is 4. The van der Waals surface area contributed by atoms with Crippen LogP contribution < -0.4 is 10.1 Å². The van der Waals surface area contributed by atoms with Crippen LogP contribution in [-0.4, -0.2) is 12.0 Å². The number of para-hydroxylation sites is 1. The first-order valence-electron chi connectivity index (χ1n) is 6.35. The smallest absolute Gasteiger partial charge is 0.265 e. The van der Waals surface area contributed by atoms with Crippen LogP contribution in [0, 0.1) is 12.7 Å². The zero-order valence-corrected chi connectivity index (χ0v) is 11.4. The van der Waals surface area contributed by atoms with Crippen LogP contribution in [0.2, 0.25) is 0 Å².